The molecular formula is C20H25N3O2S. The lowest BCUT2D eigenvalue weighted by atomic mass is 9.86. The zero-order valence-corrected chi connectivity index (χ0v) is 16.7. The Labute approximate surface area is 158 Å². The number of nitrogens with zero attached hydrogens (tertiary/aromatic N) is 1. The Balaban J connectivity index is 2.15. The van der Waals surface area contributed by atoms with E-state index in [2.05, 4.69) is 31.1 Å². The molecule has 0 aliphatic rings. The van der Waals surface area contributed by atoms with E-state index >= 15 is 0 Å². The summed E-state index contributed by atoms with van der Waals surface area (Å²) in [5.74, 6) is -0.534. The maximum Gasteiger partial charge on any atom is 0.251 e. The van der Waals surface area contributed by atoms with Crippen molar-refractivity contribution in [2.75, 3.05) is 11.1 Å². The number of nitrogens with one attached hydrogen (secondary N) is 1. The first-order valence-electron chi connectivity index (χ1n) is 8.40. The number of hydrogen-bond donors (Lipinski definition) is 2. The van der Waals surface area contributed by atoms with E-state index in [1.54, 1.807) is 0 Å². The standard InChI is InChI=1S/C20H25N3O2S/c1-12-10-13(2)22-19(17(12)18(21)25)26-11-16(24)23-15-9-7-6-8-14(15)20(3,4)5/h6-10H,11H2,1-5H3,(H2,21,25)(H,23,24). The number of rotatable bonds is 5. The Hall–Kier alpha value is -2.34. The molecule has 0 bridgehead atoms. The fourth-order valence-electron chi connectivity index (χ4n) is 2.77. The number of anilines is 1. The van der Waals surface area contributed by atoms with E-state index < -0.39 is 5.91 Å². The summed E-state index contributed by atoms with van der Waals surface area (Å²) in [5, 5.41) is 3.46. The first kappa shape index (κ1) is 20.0. The number of aromatic nitrogens is 1. The van der Waals surface area contributed by atoms with Crippen molar-refractivity contribution in [1.29, 1.82) is 0 Å². The average Bonchev–Trinajstić information content (AvgIpc) is 2.51. The minimum atomic E-state index is -0.531. The van der Waals surface area contributed by atoms with Crippen molar-refractivity contribution in [3.63, 3.8) is 0 Å². The maximum absolute atomic E-state index is 12.4. The zero-order valence-electron chi connectivity index (χ0n) is 15.8. The predicted octanol–water partition coefficient (Wildman–Crippen LogP) is 3.83. The van der Waals surface area contributed by atoms with Gasteiger partial charge >= 0.3 is 0 Å². The third-order valence-electron chi connectivity index (χ3n) is 3.91. The van der Waals surface area contributed by atoms with E-state index in [1.165, 1.54) is 11.8 Å². The van der Waals surface area contributed by atoms with Crippen molar-refractivity contribution in [1.82, 2.24) is 4.98 Å². The van der Waals surface area contributed by atoms with Gasteiger partial charge in [0, 0.05) is 11.4 Å². The van der Waals surface area contributed by atoms with Gasteiger partial charge in [0.2, 0.25) is 5.91 Å². The van der Waals surface area contributed by atoms with Gasteiger partial charge in [-0.15, -0.1) is 0 Å². The molecule has 1 heterocycles. The molecule has 0 atom stereocenters. The van der Waals surface area contributed by atoms with E-state index in [-0.39, 0.29) is 17.1 Å². The number of thioether (sulfide) groups is 1. The molecule has 0 aliphatic heterocycles. The highest BCUT2D eigenvalue weighted by Gasteiger charge is 2.19. The van der Waals surface area contributed by atoms with Gasteiger partial charge in [-0.2, -0.15) is 0 Å². The van der Waals surface area contributed by atoms with Crippen LogP contribution in [0.2, 0.25) is 0 Å². The topological polar surface area (TPSA) is 85.1 Å². The van der Waals surface area contributed by atoms with Gasteiger partial charge in [0.15, 0.2) is 0 Å². The largest absolute Gasteiger partial charge is 0.366 e. The number of amides is 2. The van der Waals surface area contributed by atoms with Crippen LogP contribution in [0, 0.1) is 13.8 Å². The number of carbonyl (C=O) groups is 2. The van der Waals surface area contributed by atoms with Gasteiger partial charge in [-0.3, -0.25) is 9.59 Å². The molecular weight excluding hydrogens is 346 g/mol. The molecule has 0 saturated heterocycles. The lowest BCUT2D eigenvalue weighted by Crippen LogP contribution is -2.20. The number of pyridine rings is 1. The molecule has 1 aromatic carbocycles. The van der Waals surface area contributed by atoms with E-state index in [0.717, 1.165) is 22.5 Å². The Morgan fingerprint density at radius 2 is 1.85 bits per heavy atom. The van der Waals surface area contributed by atoms with Crippen LogP contribution in [0.3, 0.4) is 0 Å². The highest BCUT2D eigenvalue weighted by molar-refractivity contribution is 8.00. The van der Waals surface area contributed by atoms with Crippen LogP contribution in [-0.4, -0.2) is 22.6 Å². The fraction of sp³-hybridized carbons (Fsp3) is 0.350. The summed E-state index contributed by atoms with van der Waals surface area (Å²) >= 11 is 1.22. The quantitative estimate of drug-likeness (QED) is 0.782. The molecule has 0 fully saturated rings. The van der Waals surface area contributed by atoms with Crippen LogP contribution in [0.5, 0.6) is 0 Å². The van der Waals surface area contributed by atoms with Gasteiger partial charge in [-0.05, 0) is 42.5 Å². The van der Waals surface area contributed by atoms with E-state index in [0.29, 0.717) is 10.6 Å². The molecule has 6 heteroatoms. The summed E-state index contributed by atoms with van der Waals surface area (Å²) in [6.45, 7) is 9.97. The monoisotopic (exact) mass is 371 g/mol. The number of hydrogen-bond acceptors (Lipinski definition) is 4. The Bertz CT molecular complexity index is 841. The Morgan fingerprint density at radius 1 is 1.19 bits per heavy atom. The van der Waals surface area contributed by atoms with E-state index in [9.17, 15) is 9.59 Å². The molecule has 26 heavy (non-hydrogen) atoms. The summed E-state index contributed by atoms with van der Waals surface area (Å²) in [7, 11) is 0. The minimum Gasteiger partial charge on any atom is -0.366 e. The van der Waals surface area contributed by atoms with Gasteiger partial charge in [0.25, 0.3) is 5.91 Å². The number of para-hydroxylation sites is 1. The average molecular weight is 372 g/mol. The number of aryl methyl sites for hydroxylation is 2. The summed E-state index contributed by atoms with van der Waals surface area (Å²) < 4.78 is 0. The van der Waals surface area contributed by atoms with Crippen molar-refractivity contribution >= 4 is 29.3 Å². The van der Waals surface area contributed by atoms with Gasteiger partial charge in [0.05, 0.1) is 11.3 Å². The summed E-state index contributed by atoms with van der Waals surface area (Å²) in [6.07, 6.45) is 0. The lowest BCUT2D eigenvalue weighted by Gasteiger charge is -2.23. The molecule has 2 rings (SSSR count). The molecule has 0 radical (unpaired) electrons. The Morgan fingerprint density at radius 3 is 2.46 bits per heavy atom. The second kappa shape index (κ2) is 7.91. The first-order chi connectivity index (χ1) is 12.1. The highest BCUT2D eigenvalue weighted by Crippen LogP contribution is 2.30. The molecule has 0 unspecified atom stereocenters. The summed E-state index contributed by atoms with van der Waals surface area (Å²) in [5.41, 5.74) is 9.20. The number of primary amides is 1. The van der Waals surface area contributed by atoms with Crippen LogP contribution < -0.4 is 11.1 Å². The molecule has 0 aliphatic carbocycles. The van der Waals surface area contributed by atoms with Crippen molar-refractivity contribution in [2.24, 2.45) is 5.73 Å². The van der Waals surface area contributed by atoms with Gasteiger partial charge in [-0.1, -0.05) is 50.7 Å². The minimum absolute atomic E-state index is 0.0780. The molecule has 0 spiro atoms. The predicted molar refractivity (Wildman–Crippen MR) is 107 cm³/mol. The van der Waals surface area contributed by atoms with Gasteiger partial charge in [-0.25, -0.2) is 4.98 Å². The van der Waals surface area contributed by atoms with Crippen LogP contribution >= 0.6 is 11.8 Å². The summed E-state index contributed by atoms with van der Waals surface area (Å²) in [4.78, 5) is 28.5. The third kappa shape index (κ3) is 4.85. The Kier molecular flexibility index (Phi) is 6.08. The molecule has 3 N–H and O–H groups in total. The number of carbonyl (C=O) groups excluding carboxylic acids is 2. The lowest BCUT2D eigenvalue weighted by molar-refractivity contribution is -0.113. The van der Waals surface area contributed by atoms with Gasteiger partial charge < -0.3 is 11.1 Å². The van der Waals surface area contributed by atoms with Gasteiger partial charge in [0.1, 0.15) is 5.03 Å². The van der Waals surface area contributed by atoms with Crippen LogP contribution in [0.1, 0.15) is 48.0 Å². The molecule has 0 saturated carbocycles. The zero-order chi connectivity index (χ0) is 19.5. The molecule has 5 nitrogen and oxygen atoms in total. The smallest absolute Gasteiger partial charge is 0.251 e. The number of benzene rings is 1. The maximum atomic E-state index is 12.4. The van der Waals surface area contributed by atoms with Crippen LogP contribution in [-0.2, 0) is 10.2 Å². The van der Waals surface area contributed by atoms with E-state index in [1.807, 2.05) is 44.2 Å². The van der Waals surface area contributed by atoms with Crippen molar-refractivity contribution in [3.8, 4) is 0 Å². The molecule has 2 aromatic rings. The van der Waals surface area contributed by atoms with Crippen molar-refractivity contribution in [2.45, 2.75) is 45.1 Å². The van der Waals surface area contributed by atoms with Crippen molar-refractivity contribution in [3.05, 3.63) is 52.7 Å². The second-order valence-corrected chi connectivity index (χ2v) is 8.22. The second-order valence-electron chi connectivity index (χ2n) is 7.26. The van der Waals surface area contributed by atoms with Crippen molar-refractivity contribution < 1.29 is 9.59 Å². The third-order valence-corrected chi connectivity index (χ3v) is 4.88. The molecule has 1 aromatic heterocycles. The van der Waals surface area contributed by atoms with Crippen LogP contribution in [0.4, 0.5) is 5.69 Å². The molecule has 2 amide bonds. The van der Waals surface area contributed by atoms with Crippen LogP contribution in [0.15, 0.2) is 35.4 Å². The normalized spacial score (nSPS) is 11.3. The van der Waals surface area contributed by atoms with Crippen LogP contribution in [0.25, 0.3) is 0 Å². The van der Waals surface area contributed by atoms with E-state index in [4.69, 9.17) is 5.73 Å². The summed E-state index contributed by atoms with van der Waals surface area (Å²) in [6, 6.07) is 9.58. The first-order valence-corrected chi connectivity index (χ1v) is 9.38. The molecule has 138 valence electrons. The fourth-order valence-corrected chi connectivity index (χ4v) is 3.73. The SMILES string of the molecule is Cc1cc(C)c(C(N)=O)c(SCC(=O)Nc2ccccc2C(C)(C)C)n1. The highest BCUT2D eigenvalue weighted by atomic mass is 32.2. The number of nitrogens with two attached hydrogens (primary N) is 1.